The zero-order chi connectivity index (χ0) is 28.4. The average Bonchev–Trinajstić information content (AvgIpc) is 3.03. The molecule has 0 spiro atoms. The third kappa shape index (κ3) is 8.10. The minimum absolute atomic E-state index is 0.0139. The van der Waals surface area contributed by atoms with E-state index >= 15 is 0 Å². The molecule has 2 aromatic heterocycles. The maximum Gasteiger partial charge on any atom is 0.260 e. The van der Waals surface area contributed by atoms with E-state index < -0.39 is 0 Å². The number of rotatable bonds is 8. The van der Waals surface area contributed by atoms with Gasteiger partial charge in [0, 0.05) is 56.1 Å². The number of nitrogens with zero attached hydrogens (tertiary/aromatic N) is 6. The Morgan fingerprint density at radius 1 is 1.22 bits per heavy atom. The highest BCUT2D eigenvalue weighted by Crippen LogP contribution is 2.31. The average molecular weight is 582 g/mol. The van der Waals surface area contributed by atoms with Gasteiger partial charge in [-0.05, 0) is 51.5 Å². The molecular weight excluding hydrogens is 542 g/mol. The molecule has 3 aliphatic rings. The first-order valence-corrected chi connectivity index (χ1v) is 15.5. The number of pyridine rings is 2. The number of aliphatic imine (C=N–C) groups is 2. The quantitative estimate of drug-likeness (QED) is 0.285. The summed E-state index contributed by atoms with van der Waals surface area (Å²) in [5, 5.41) is 4.00. The molecular formula is C29H39N7O4S. The van der Waals surface area contributed by atoms with Gasteiger partial charge in [0.05, 0.1) is 30.2 Å². The molecule has 0 bridgehead atoms. The van der Waals surface area contributed by atoms with Crippen molar-refractivity contribution in [3.8, 4) is 5.88 Å². The SMILES string of the molecule is C=NC(=NC1CCC(Oc2nc(N3CCOCC3)cc3ncccc23)CC1)N/C=C(\C)OCC(=O)N1CCSCC1. The van der Waals surface area contributed by atoms with Crippen LogP contribution >= 0.6 is 11.8 Å². The Kier molecular flexibility index (Phi) is 10.3. The maximum atomic E-state index is 12.3. The summed E-state index contributed by atoms with van der Waals surface area (Å²) < 4.78 is 17.6. The molecule has 41 heavy (non-hydrogen) atoms. The lowest BCUT2D eigenvalue weighted by atomic mass is 9.93. The van der Waals surface area contributed by atoms with E-state index in [1.54, 1.807) is 19.3 Å². The van der Waals surface area contributed by atoms with Crippen molar-refractivity contribution in [3.05, 3.63) is 36.4 Å². The molecule has 220 valence electrons. The lowest BCUT2D eigenvalue weighted by Crippen LogP contribution is -2.39. The number of hydrogen-bond acceptors (Lipinski definition) is 9. The van der Waals surface area contributed by atoms with Gasteiger partial charge in [-0.25, -0.2) is 9.98 Å². The molecule has 1 N–H and O–H groups in total. The molecule has 0 radical (unpaired) electrons. The van der Waals surface area contributed by atoms with Crippen LogP contribution in [0.1, 0.15) is 32.6 Å². The summed E-state index contributed by atoms with van der Waals surface area (Å²) in [6.45, 7) is 10.0. The monoisotopic (exact) mass is 581 g/mol. The molecule has 11 nitrogen and oxygen atoms in total. The van der Waals surface area contributed by atoms with Crippen molar-refractivity contribution in [1.29, 1.82) is 0 Å². The van der Waals surface area contributed by atoms with Crippen LogP contribution in [0.3, 0.4) is 0 Å². The molecule has 1 saturated carbocycles. The molecule has 0 aromatic carbocycles. The Balaban J connectivity index is 1.13. The largest absolute Gasteiger partial charge is 0.487 e. The van der Waals surface area contributed by atoms with Crippen molar-refractivity contribution in [2.45, 2.75) is 44.8 Å². The molecule has 2 saturated heterocycles. The Hall–Kier alpha value is -3.38. The summed E-state index contributed by atoms with van der Waals surface area (Å²) in [4.78, 5) is 34.7. The van der Waals surface area contributed by atoms with Crippen molar-refractivity contribution in [2.24, 2.45) is 9.98 Å². The van der Waals surface area contributed by atoms with Gasteiger partial charge in [-0.3, -0.25) is 9.78 Å². The van der Waals surface area contributed by atoms with E-state index in [0.29, 0.717) is 30.8 Å². The van der Waals surface area contributed by atoms with E-state index in [-0.39, 0.29) is 24.7 Å². The van der Waals surface area contributed by atoms with Gasteiger partial charge in [0.15, 0.2) is 6.61 Å². The zero-order valence-electron chi connectivity index (χ0n) is 23.7. The van der Waals surface area contributed by atoms with Crippen LogP contribution < -0.4 is 15.0 Å². The highest BCUT2D eigenvalue weighted by atomic mass is 32.2. The van der Waals surface area contributed by atoms with Gasteiger partial charge in [-0.1, -0.05) is 0 Å². The first-order valence-electron chi connectivity index (χ1n) is 14.3. The second-order valence-corrected chi connectivity index (χ2v) is 11.5. The minimum atomic E-state index is 0.0139. The van der Waals surface area contributed by atoms with Crippen LogP contribution in [0.5, 0.6) is 5.88 Å². The fraction of sp³-hybridized carbons (Fsp3) is 0.552. The number of hydrogen-bond donors (Lipinski definition) is 1. The standard InChI is InChI=1S/C29H39N7O4S/c1-21(39-20-27(37)36-12-16-41-17-13-36)19-32-29(30-2)33-22-5-7-23(8-6-22)40-28-24-4-3-9-31-25(24)18-26(34-28)35-10-14-38-15-11-35/h3-4,9,18-19,22-23H,2,5-8,10-17,20H2,1H3,(H,32,33)/b21-19+. The van der Waals surface area contributed by atoms with Crippen molar-refractivity contribution in [2.75, 3.05) is 62.4 Å². The minimum Gasteiger partial charge on any atom is -0.487 e. The number of amides is 1. The molecule has 1 amide bonds. The number of carbonyl (C=O) groups is 1. The maximum absolute atomic E-state index is 12.3. The van der Waals surface area contributed by atoms with Crippen molar-refractivity contribution in [1.82, 2.24) is 20.2 Å². The lowest BCUT2D eigenvalue weighted by Gasteiger charge is -2.30. The topological polar surface area (TPSA) is 114 Å². The fourth-order valence-corrected chi connectivity index (χ4v) is 6.01. The number of nitrogens with one attached hydrogen (secondary N) is 1. The first-order chi connectivity index (χ1) is 20.1. The van der Waals surface area contributed by atoms with Gasteiger partial charge in [0.25, 0.3) is 5.91 Å². The number of ether oxygens (including phenoxy) is 3. The third-order valence-corrected chi connectivity index (χ3v) is 8.40. The Bertz CT molecular complexity index is 1250. The Labute approximate surface area is 245 Å². The fourth-order valence-electron chi connectivity index (χ4n) is 5.11. The Morgan fingerprint density at radius 2 is 2.00 bits per heavy atom. The number of morpholine rings is 1. The van der Waals surface area contributed by atoms with E-state index in [0.717, 1.165) is 80.1 Å². The predicted molar refractivity (Wildman–Crippen MR) is 163 cm³/mol. The second-order valence-electron chi connectivity index (χ2n) is 10.3. The van der Waals surface area contributed by atoms with Gasteiger partial charge in [0.1, 0.15) is 17.7 Å². The van der Waals surface area contributed by atoms with Gasteiger partial charge < -0.3 is 29.3 Å². The number of guanidine groups is 1. The van der Waals surface area contributed by atoms with Gasteiger partial charge in [-0.2, -0.15) is 16.7 Å². The van der Waals surface area contributed by atoms with E-state index in [2.05, 4.69) is 26.9 Å². The number of allylic oxidation sites excluding steroid dienone is 1. The second kappa shape index (κ2) is 14.5. The highest BCUT2D eigenvalue weighted by Gasteiger charge is 2.25. The highest BCUT2D eigenvalue weighted by molar-refractivity contribution is 7.99. The van der Waals surface area contributed by atoms with Gasteiger partial charge in [-0.15, -0.1) is 0 Å². The van der Waals surface area contributed by atoms with E-state index in [9.17, 15) is 4.79 Å². The smallest absolute Gasteiger partial charge is 0.260 e. The van der Waals surface area contributed by atoms with Gasteiger partial charge in [0.2, 0.25) is 11.8 Å². The molecule has 4 heterocycles. The number of carbonyl (C=O) groups excluding carboxylic acids is 1. The normalized spacial score (nSPS) is 22.4. The van der Waals surface area contributed by atoms with Crippen molar-refractivity contribution < 1.29 is 19.0 Å². The summed E-state index contributed by atoms with van der Waals surface area (Å²) in [5.41, 5.74) is 0.882. The van der Waals surface area contributed by atoms with Crippen molar-refractivity contribution in [3.63, 3.8) is 0 Å². The van der Waals surface area contributed by atoms with Crippen LogP contribution in [0, 0.1) is 0 Å². The van der Waals surface area contributed by atoms with Crippen LogP contribution in [-0.2, 0) is 14.3 Å². The zero-order valence-corrected chi connectivity index (χ0v) is 24.5. The molecule has 0 atom stereocenters. The first kappa shape index (κ1) is 29.1. The summed E-state index contributed by atoms with van der Waals surface area (Å²) in [7, 11) is 0. The number of anilines is 1. The molecule has 12 heteroatoms. The van der Waals surface area contributed by atoms with Crippen LogP contribution in [0.15, 0.2) is 46.3 Å². The summed E-state index contributed by atoms with van der Waals surface area (Å²) in [6, 6.07) is 6.07. The van der Waals surface area contributed by atoms with Crippen LogP contribution in [-0.4, -0.2) is 103 Å². The van der Waals surface area contributed by atoms with Crippen LogP contribution in [0.25, 0.3) is 10.9 Å². The molecule has 0 unspecified atom stereocenters. The van der Waals surface area contributed by atoms with Crippen molar-refractivity contribution >= 4 is 47.1 Å². The molecule has 5 rings (SSSR count). The van der Waals surface area contributed by atoms with E-state index in [1.807, 2.05) is 34.9 Å². The third-order valence-electron chi connectivity index (χ3n) is 7.45. The molecule has 3 fully saturated rings. The molecule has 1 aliphatic carbocycles. The number of fused-ring (bicyclic) bond motifs is 1. The Morgan fingerprint density at radius 3 is 2.76 bits per heavy atom. The molecule has 2 aliphatic heterocycles. The van der Waals surface area contributed by atoms with Gasteiger partial charge >= 0.3 is 0 Å². The van der Waals surface area contributed by atoms with Crippen LogP contribution in [0.4, 0.5) is 5.82 Å². The lowest BCUT2D eigenvalue weighted by molar-refractivity contribution is -0.134. The van der Waals surface area contributed by atoms with E-state index in [4.69, 9.17) is 24.2 Å². The van der Waals surface area contributed by atoms with E-state index in [1.165, 1.54) is 0 Å². The predicted octanol–water partition coefficient (Wildman–Crippen LogP) is 3.26. The summed E-state index contributed by atoms with van der Waals surface area (Å²) in [6.07, 6.45) is 6.98. The summed E-state index contributed by atoms with van der Waals surface area (Å²) >= 11 is 1.87. The number of aromatic nitrogens is 2. The number of thioether (sulfide) groups is 1. The van der Waals surface area contributed by atoms with Crippen LogP contribution in [0.2, 0.25) is 0 Å². The summed E-state index contributed by atoms with van der Waals surface area (Å²) in [5.74, 6) is 4.52. The molecule has 2 aromatic rings.